The summed E-state index contributed by atoms with van der Waals surface area (Å²) in [5, 5.41) is 5.34. The van der Waals surface area contributed by atoms with Gasteiger partial charge in [0.1, 0.15) is 0 Å². The first-order chi connectivity index (χ1) is 18.3. The van der Waals surface area contributed by atoms with E-state index < -0.39 is 0 Å². The Morgan fingerprint density at radius 3 is 2.05 bits per heavy atom. The molecule has 200 valence electrons. The Morgan fingerprint density at radius 1 is 0.816 bits per heavy atom. The normalized spacial score (nSPS) is 11.3. The highest BCUT2D eigenvalue weighted by atomic mass is 32.2. The SMILES string of the molecule is CCCCOC(=O)c1ccc(NC(=O)C(C)Sc2ccc(NC(=O)c3ccc(OC)c(OC)c3)cc2)cc1. The van der Waals surface area contributed by atoms with E-state index in [0.717, 1.165) is 17.7 Å². The fraction of sp³-hybridized carbons (Fsp3) is 0.276. The van der Waals surface area contributed by atoms with E-state index in [4.69, 9.17) is 14.2 Å². The lowest BCUT2D eigenvalue weighted by Gasteiger charge is -2.13. The second-order valence-corrected chi connectivity index (χ2v) is 9.78. The van der Waals surface area contributed by atoms with Crippen molar-refractivity contribution in [2.75, 3.05) is 31.5 Å². The molecule has 0 bridgehead atoms. The number of ether oxygens (including phenoxy) is 3. The van der Waals surface area contributed by atoms with Crippen molar-refractivity contribution in [3.63, 3.8) is 0 Å². The van der Waals surface area contributed by atoms with Crippen LogP contribution in [0.4, 0.5) is 11.4 Å². The molecule has 3 aromatic carbocycles. The molecule has 0 aliphatic heterocycles. The van der Waals surface area contributed by atoms with Crippen molar-refractivity contribution >= 4 is 40.9 Å². The first-order valence-corrected chi connectivity index (χ1v) is 13.1. The molecule has 0 aliphatic rings. The summed E-state index contributed by atoms with van der Waals surface area (Å²) in [6, 6.07) is 18.8. The lowest BCUT2D eigenvalue weighted by molar-refractivity contribution is -0.115. The van der Waals surface area contributed by atoms with Gasteiger partial charge in [-0.05, 0) is 80.1 Å². The van der Waals surface area contributed by atoms with E-state index in [-0.39, 0.29) is 23.0 Å². The second-order valence-electron chi connectivity index (χ2n) is 8.36. The number of carbonyl (C=O) groups excluding carboxylic acids is 3. The van der Waals surface area contributed by atoms with Gasteiger partial charge in [0.25, 0.3) is 5.91 Å². The number of unbranched alkanes of at least 4 members (excludes halogenated alkanes) is 1. The lowest BCUT2D eigenvalue weighted by atomic mass is 10.2. The lowest BCUT2D eigenvalue weighted by Crippen LogP contribution is -2.22. The van der Waals surface area contributed by atoms with Crippen LogP contribution in [0.25, 0.3) is 0 Å². The van der Waals surface area contributed by atoms with E-state index in [1.165, 1.54) is 26.0 Å². The molecule has 3 aromatic rings. The van der Waals surface area contributed by atoms with Crippen LogP contribution in [0.15, 0.2) is 71.6 Å². The molecule has 38 heavy (non-hydrogen) atoms. The third-order valence-electron chi connectivity index (χ3n) is 5.56. The zero-order chi connectivity index (χ0) is 27.5. The Hall–Kier alpha value is -3.98. The average molecular weight is 537 g/mol. The van der Waals surface area contributed by atoms with Crippen molar-refractivity contribution in [2.24, 2.45) is 0 Å². The number of hydrogen-bond donors (Lipinski definition) is 2. The number of rotatable bonds is 12. The van der Waals surface area contributed by atoms with Gasteiger partial charge in [-0.3, -0.25) is 9.59 Å². The summed E-state index contributed by atoms with van der Waals surface area (Å²) in [6.45, 7) is 4.24. The van der Waals surface area contributed by atoms with Gasteiger partial charge in [0, 0.05) is 21.8 Å². The number of esters is 1. The second kappa shape index (κ2) is 14.1. The Balaban J connectivity index is 1.52. The minimum atomic E-state index is -0.374. The van der Waals surface area contributed by atoms with Crippen LogP contribution < -0.4 is 20.1 Å². The molecule has 0 aromatic heterocycles. The summed E-state index contributed by atoms with van der Waals surface area (Å²) >= 11 is 1.39. The largest absolute Gasteiger partial charge is 0.493 e. The van der Waals surface area contributed by atoms with Crippen LogP contribution in [0.3, 0.4) is 0 Å². The minimum absolute atomic E-state index is 0.167. The molecule has 9 heteroatoms. The van der Waals surface area contributed by atoms with Crippen LogP contribution in [0.2, 0.25) is 0 Å². The van der Waals surface area contributed by atoms with Gasteiger partial charge in [-0.2, -0.15) is 0 Å². The predicted molar refractivity (Wildman–Crippen MR) is 150 cm³/mol. The average Bonchev–Trinajstić information content (AvgIpc) is 2.94. The van der Waals surface area contributed by atoms with Crippen LogP contribution in [0.1, 0.15) is 47.4 Å². The Morgan fingerprint density at radius 2 is 1.42 bits per heavy atom. The van der Waals surface area contributed by atoms with Crippen molar-refractivity contribution < 1.29 is 28.6 Å². The van der Waals surface area contributed by atoms with Crippen molar-refractivity contribution in [1.82, 2.24) is 0 Å². The topological polar surface area (TPSA) is 103 Å². The molecule has 3 rings (SSSR count). The summed E-state index contributed by atoms with van der Waals surface area (Å²) in [7, 11) is 3.05. The number of thioether (sulfide) groups is 1. The van der Waals surface area contributed by atoms with Crippen LogP contribution in [-0.4, -0.2) is 43.9 Å². The van der Waals surface area contributed by atoms with E-state index in [2.05, 4.69) is 10.6 Å². The molecule has 0 aliphatic carbocycles. The van der Waals surface area contributed by atoms with E-state index >= 15 is 0 Å². The highest BCUT2D eigenvalue weighted by Gasteiger charge is 2.16. The number of methoxy groups -OCH3 is 2. The Kier molecular flexibility index (Phi) is 10.6. The smallest absolute Gasteiger partial charge is 0.338 e. The number of nitrogens with one attached hydrogen (secondary N) is 2. The summed E-state index contributed by atoms with van der Waals surface area (Å²) in [5.41, 5.74) is 2.10. The number of hydrogen-bond acceptors (Lipinski definition) is 7. The number of carbonyl (C=O) groups is 3. The molecule has 1 atom stereocenters. The summed E-state index contributed by atoms with van der Waals surface area (Å²) in [5.74, 6) is 0.199. The predicted octanol–water partition coefficient (Wildman–Crippen LogP) is 6.03. The van der Waals surface area contributed by atoms with Gasteiger partial charge in [-0.25, -0.2) is 4.79 Å². The minimum Gasteiger partial charge on any atom is -0.493 e. The first-order valence-electron chi connectivity index (χ1n) is 12.2. The van der Waals surface area contributed by atoms with Gasteiger partial charge in [-0.1, -0.05) is 13.3 Å². The van der Waals surface area contributed by atoms with E-state index in [0.29, 0.717) is 40.6 Å². The van der Waals surface area contributed by atoms with Gasteiger partial charge >= 0.3 is 5.97 Å². The quantitative estimate of drug-likeness (QED) is 0.165. The summed E-state index contributed by atoms with van der Waals surface area (Å²) in [4.78, 5) is 38.2. The molecule has 0 spiro atoms. The van der Waals surface area contributed by atoms with E-state index in [1.807, 2.05) is 26.0 Å². The van der Waals surface area contributed by atoms with Gasteiger partial charge in [0.2, 0.25) is 5.91 Å². The number of benzene rings is 3. The molecule has 2 amide bonds. The molecule has 0 fully saturated rings. The molecule has 0 saturated carbocycles. The maximum Gasteiger partial charge on any atom is 0.338 e. The maximum atomic E-state index is 12.7. The number of amides is 2. The van der Waals surface area contributed by atoms with E-state index in [9.17, 15) is 14.4 Å². The Bertz CT molecular complexity index is 1240. The highest BCUT2D eigenvalue weighted by molar-refractivity contribution is 8.00. The summed E-state index contributed by atoms with van der Waals surface area (Å²) in [6.07, 6.45) is 1.78. The molecule has 0 radical (unpaired) electrons. The molecule has 2 N–H and O–H groups in total. The van der Waals surface area contributed by atoms with Crippen molar-refractivity contribution in [3.05, 3.63) is 77.9 Å². The monoisotopic (exact) mass is 536 g/mol. The van der Waals surface area contributed by atoms with Crippen molar-refractivity contribution in [2.45, 2.75) is 36.8 Å². The van der Waals surface area contributed by atoms with E-state index in [1.54, 1.807) is 54.6 Å². The molecule has 0 saturated heterocycles. The van der Waals surface area contributed by atoms with Crippen molar-refractivity contribution in [3.8, 4) is 11.5 Å². The van der Waals surface area contributed by atoms with Crippen LogP contribution >= 0.6 is 11.8 Å². The van der Waals surface area contributed by atoms with Gasteiger partial charge < -0.3 is 24.8 Å². The molecular formula is C29H32N2O6S. The fourth-order valence-corrected chi connectivity index (χ4v) is 4.25. The van der Waals surface area contributed by atoms with Gasteiger partial charge in [0.05, 0.1) is 31.6 Å². The third kappa shape index (κ3) is 8.01. The number of anilines is 2. The van der Waals surface area contributed by atoms with Gasteiger partial charge in [-0.15, -0.1) is 11.8 Å². The van der Waals surface area contributed by atoms with Crippen molar-refractivity contribution in [1.29, 1.82) is 0 Å². The maximum absolute atomic E-state index is 12.7. The standard InChI is InChI=1S/C29H32N2O6S/c1-5-6-17-37-29(34)20-7-10-22(11-8-20)30-27(32)19(2)38-24-14-12-23(13-15-24)31-28(33)21-9-16-25(35-3)26(18-21)36-4/h7-16,18-19H,5-6,17H2,1-4H3,(H,30,32)(H,31,33). The zero-order valence-electron chi connectivity index (χ0n) is 21.9. The van der Waals surface area contributed by atoms with Gasteiger partial charge in [0.15, 0.2) is 11.5 Å². The van der Waals surface area contributed by atoms with Crippen LogP contribution in [0, 0.1) is 0 Å². The Labute approximate surface area is 227 Å². The third-order valence-corrected chi connectivity index (χ3v) is 6.67. The summed E-state index contributed by atoms with van der Waals surface area (Å²) < 4.78 is 15.7. The zero-order valence-corrected chi connectivity index (χ0v) is 22.7. The van der Waals surface area contributed by atoms with Crippen LogP contribution in [0.5, 0.6) is 11.5 Å². The first kappa shape index (κ1) is 28.6. The molecule has 0 heterocycles. The molecule has 1 unspecified atom stereocenters. The molecule has 8 nitrogen and oxygen atoms in total. The molecular weight excluding hydrogens is 504 g/mol. The fourth-order valence-electron chi connectivity index (χ4n) is 3.38. The highest BCUT2D eigenvalue weighted by Crippen LogP contribution is 2.29. The van der Waals surface area contributed by atoms with Crippen LogP contribution in [-0.2, 0) is 9.53 Å².